The van der Waals surface area contributed by atoms with Gasteiger partial charge in [-0.15, -0.1) is 0 Å². The van der Waals surface area contributed by atoms with Gasteiger partial charge in [0, 0.05) is 44.5 Å². The highest BCUT2D eigenvalue weighted by atomic mass is 32.2. The van der Waals surface area contributed by atoms with Crippen LogP contribution in [0.2, 0.25) is 0 Å². The van der Waals surface area contributed by atoms with Crippen LogP contribution < -0.4 is 15.5 Å². The maximum atomic E-state index is 13.4. The second kappa shape index (κ2) is 7.77. The first-order valence-electron chi connectivity index (χ1n) is 8.74. The van der Waals surface area contributed by atoms with E-state index in [0.717, 1.165) is 25.6 Å². The Kier molecular flexibility index (Phi) is 5.64. The molecule has 26 heavy (non-hydrogen) atoms. The lowest BCUT2D eigenvalue weighted by Gasteiger charge is -2.20. The summed E-state index contributed by atoms with van der Waals surface area (Å²) in [5.74, 6) is -0.378. The predicted molar refractivity (Wildman–Crippen MR) is 98.2 cm³/mol. The molecule has 144 valence electrons. The van der Waals surface area contributed by atoms with Crippen LogP contribution in [0, 0.1) is 17.6 Å². The van der Waals surface area contributed by atoms with Gasteiger partial charge in [-0.3, -0.25) is 4.99 Å². The molecule has 3 rings (SSSR count). The third-order valence-corrected chi connectivity index (χ3v) is 6.68. The molecule has 0 spiro atoms. The van der Waals surface area contributed by atoms with Crippen molar-refractivity contribution in [3.8, 4) is 0 Å². The van der Waals surface area contributed by atoms with Crippen LogP contribution in [0.5, 0.6) is 0 Å². The van der Waals surface area contributed by atoms with Crippen molar-refractivity contribution in [1.82, 2.24) is 10.6 Å². The number of nitrogens with zero attached hydrogens (tertiary/aromatic N) is 2. The summed E-state index contributed by atoms with van der Waals surface area (Å²) in [6.45, 7) is 2.20. The number of hydrogen-bond acceptors (Lipinski definition) is 4. The molecule has 2 heterocycles. The van der Waals surface area contributed by atoms with E-state index >= 15 is 0 Å². The molecule has 0 saturated carbocycles. The van der Waals surface area contributed by atoms with E-state index in [1.54, 1.807) is 13.1 Å². The second-order valence-electron chi connectivity index (χ2n) is 6.90. The summed E-state index contributed by atoms with van der Waals surface area (Å²) >= 11 is 0. The van der Waals surface area contributed by atoms with E-state index in [-0.39, 0.29) is 17.5 Å². The summed E-state index contributed by atoms with van der Waals surface area (Å²) in [5, 5.41) is 6.40. The van der Waals surface area contributed by atoms with Crippen molar-refractivity contribution in [1.29, 1.82) is 0 Å². The first-order chi connectivity index (χ1) is 12.4. The first kappa shape index (κ1) is 18.9. The van der Waals surface area contributed by atoms with E-state index < -0.39 is 21.5 Å². The third kappa shape index (κ3) is 4.63. The standard InChI is InChI=1S/C17H24F2N4O2S/c1-20-17(22-13-5-7-26(24,25)11-13)21-9-12-4-6-23(10-12)14-2-3-15(18)16(19)8-14/h2-3,8,12-13H,4-7,9-11H2,1H3,(H2,20,21,22). The molecule has 0 aromatic heterocycles. The Morgan fingerprint density at radius 1 is 1.31 bits per heavy atom. The van der Waals surface area contributed by atoms with Gasteiger partial charge in [-0.05, 0) is 30.9 Å². The average Bonchev–Trinajstić information content (AvgIpc) is 3.20. The molecule has 2 unspecified atom stereocenters. The minimum absolute atomic E-state index is 0.103. The molecule has 2 aliphatic rings. The second-order valence-corrected chi connectivity index (χ2v) is 9.13. The van der Waals surface area contributed by atoms with E-state index in [1.807, 2.05) is 4.90 Å². The molecule has 0 radical (unpaired) electrons. The Balaban J connectivity index is 1.48. The monoisotopic (exact) mass is 386 g/mol. The fraction of sp³-hybridized carbons (Fsp3) is 0.588. The van der Waals surface area contributed by atoms with Crippen LogP contribution in [0.4, 0.5) is 14.5 Å². The quantitative estimate of drug-likeness (QED) is 0.600. The molecule has 1 aromatic rings. The van der Waals surface area contributed by atoms with Gasteiger partial charge < -0.3 is 15.5 Å². The Morgan fingerprint density at radius 2 is 2.12 bits per heavy atom. The molecule has 2 atom stereocenters. The lowest BCUT2D eigenvalue weighted by Crippen LogP contribution is -2.45. The molecule has 9 heteroatoms. The zero-order valence-electron chi connectivity index (χ0n) is 14.7. The smallest absolute Gasteiger partial charge is 0.191 e. The summed E-state index contributed by atoms with van der Waals surface area (Å²) in [6.07, 6.45) is 1.52. The van der Waals surface area contributed by atoms with Crippen LogP contribution >= 0.6 is 0 Å². The number of halogens is 2. The molecule has 0 aliphatic carbocycles. The number of guanidine groups is 1. The van der Waals surface area contributed by atoms with Gasteiger partial charge in [-0.1, -0.05) is 0 Å². The molecule has 0 amide bonds. The number of nitrogens with one attached hydrogen (secondary N) is 2. The van der Waals surface area contributed by atoms with E-state index in [2.05, 4.69) is 15.6 Å². The highest BCUT2D eigenvalue weighted by Crippen LogP contribution is 2.25. The van der Waals surface area contributed by atoms with Gasteiger partial charge in [0.15, 0.2) is 27.4 Å². The van der Waals surface area contributed by atoms with Crippen molar-refractivity contribution < 1.29 is 17.2 Å². The summed E-state index contributed by atoms with van der Waals surface area (Å²) < 4.78 is 49.5. The Hall–Kier alpha value is -1.90. The molecule has 0 bridgehead atoms. The molecule has 6 nitrogen and oxygen atoms in total. The van der Waals surface area contributed by atoms with Crippen LogP contribution in [-0.4, -0.2) is 58.6 Å². The van der Waals surface area contributed by atoms with Crippen molar-refractivity contribution in [2.75, 3.05) is 43.1 Å². The number of hydrogen-bond donors (Lipinski definition) is 2. The van der Waals surface area contributed by atoms with Crippen molar-refractivity contribution in [3.63, 3.8) is 0 Å². The third-order valence-electron chi connectivity index (χ3n) is 4.91. The molecule has 2 aliphatic heterocycles. The van der Waals surface area contributed by atoms with Gasteiger partial charge in [0.25, 0.3) is 0 Å². The lowest BCUT2D eigenvalue weighted by atomic mass is 10.1. The summed E-state index contributed by atoms with van der Waals surface area (Å²) in [4.78, 5) is 6.19. The number of aliphatic imine (C=N–C) groups is 1. The molecule has 2 N–H and O–H groups in total. The minimum atomic E-state index is -2.93. The SMILES string of the molecule is CN=C(NCC1CCN(c2ccc(F)c(F)c2)C1)NC1CCS(=O)(=O)C1. The van der Waals surface area contributed by atoms with Crippen molar-refractivity contribution >= 4 is 21.5 Å². The van der Waals surface area contributed by atoms with E-state index in [4.69, 9.17) is 0 Å². The summed E-state index contributed by atoms with van der Waals surface area (Å²) in [5.41, 5.74) is 0.685. The largest absolute Gasteiger partial charge is 0.371 e. The van der Waals surface area contributed by atoms with Gasteiger partial charge in [0.05, 0.1) is 11.5 Å². The molecule has 2 fully saturated rings. The molecule has 1 aromatic carbocycles. The number of rotatable bonds is 4. The van der Waals surface area contributed by atoms with Gasteiger partial charge in [0.2, 0.25) is 0 Å². The van der Waals surface area contributed by atoms with Crippen molar-refractivity contribution in [3.05, 3.63) is 29.8 Å². The molecule has 2 saturated heterocycles. The van der Waals surface area contributed by atoms with Gasteiger partial charge >= 0.3 is 0 Å². The van der Waals surface area contributed by atoms with Crippen molar-refractivity contribution in [2.45, 2.75) is 18.9 Å². The highest BCUT2D eigenvalue weighted by Gasteiger charge is 2.29. The fourth-order valence-corrected chi connectivity index (χ4v) is 5.13. The zero-order chi connectivity index (χ0) is 18.7. The van der Waals surface area contributed by atoms with Crippen LogP contribution in [0.3, 0.4) is 0 Å². The topological polar surface area (TPSA) is 73.8 Å². The average molecular weight is 386 g/mol. The fourth-order valence-electron chi connectivity index (χ4n) is 3.45. The van der Waals surface area contributed by atoms with Crippen LogP contribution in [0.1, 0.15) is 12.8 Å². The van der Waals surface area contributed by atoms with Crippen LogP contribution in [-0.2, 0) is 9.84 Å². The van der Waals surface area contributed by atoms with Gasteiger partial charge in [-0.2, -0.15) is 0 Å². The number of benzene rings is 1. The Bertz CT molecular complexity index is 785. The van der Waals surface area contributed by atoms with Gasteiger partial charge in [0.1, 0.15) is 0 Å². The molecular weight excluding hydrogens is 362 g/mol. The van der Waals surface area contributed by atoms with Crippen LogP contribution in [0.15, 0.2) is 23.2 Å². The zero-order valence-corrected chi connectivity index (χ0v) is 15.5. The number of sulfone groups is 1. The van der Waals surface area contributed by atoms with E-state index in [1.165, 1.54) is 6.07 Å². The molecular formula is C17H24F2N4O2S. The first-order valence-corrected chi connectivity index (χ1v) is 10.6. The summed E-state index contributed by atoms with van der Waals surface area (Å²) in [7, 11) is -1.28. The van der Waals surface area contributed by atoms with Crippen molar-refractivity contribution in [2.24, 2.45) is 10.9 Å². The Morgan fingerprint density at radius 3 is 2.77 bits per heavy atom. The van der Waals surface area contributed by atoms with Crippen LogP contribution in [0.25, 0.3) is 0 Å². The lowest BCUT2D eigenvalue weighted by molar-refractivity contribution is 0.508. The predicted octanol–water partition coefficient (Wildman–Crippen LogP) is 1.14. The minimum Gasteiger partial charge on any atom is -0.371 e. The van der Waals surface area contributed by atoms with E-state index in [9.17, 15) is 17.2 Å². The normalized spacial score (nSPS) is 25.5. The van der Waals surface area contributed by atoms with E-state index in [0.29, 0.717) is 30.5 Å². The Labute approximate surface area is 152 Å². The maximum Gasteiger partial charge on any atom is 0.191 e. The summed E-state index contributed by atoms with van der Waals surface area (Å²) in [6, 6.07) is 3.87. The highest BCUT2D eigenvalue weighted by molar-refractivity contribution is 7.91. The maximum absolute atomic E-state index is 13.4. The number of anilines is 1. The van der Waals surface area contributed by atoms with Gasteiger partial charge in [-0.25, -0.2) is 17.2 Å².